The average molecular weight is 349 g/mol. The third kappa shape index (κ3) is 2.40. The van der Waals surface area contributed by atoms with E-state index >= 15 is 0 Å². The van der Waals surface area contributed by atoms with E-state index in [2.05, 4.69) is 10.3 Å². The predicted octanol–water partition coefficient (Wildman–Crippen LogP) is 3.09. The summed E-state index contributed by atoms with van der Waals surface area (Å²) in [4.78, 5) is 0. The lowest BCUT2D eigenvalue weighted by molar-refractivity contribution is -0.365. The summed E-state index contributed by atoms with van der Waals surface area (Å²) in [5, 5.41) is 15.6. The molecule has 0 saturated carbocycles. The number of aliphatic hydroxyl groups excluding tert-OH is 1. The lowest BCUT2D eigenvalue weighted by Gasteiger charge is -2.34. The molecule has 0 aliphatic carbocycles. The van der Waals surface area contributed by atoms with Gasteiger partial charge in [0.25, 0.3) is 0 Å². The molecule has 4 nitrogen and oxygen atoms in total. The Hall–Kier alpha value is -1.98. The Labute approximate surface area is 122 Å². The topological polar surface area (TPSA) is 50.9 Å². The van der Waals surface area contributed by atoms with Crippen LogP contribution in [0.15, 0.2) is 24.3 Å². The largest absolute Gasteiger partial charge is 0.382 e. The average Bonchev–Trinajstić information content (AvgIpc) is 2.89. The number of aliphatic hydroxyl groups is 1. The van der Waals surface area contributed by atoms with Gasteiger partial charge in [-0.05, 0) is 12.1 Å². The number of hydrogen-bond donors (Lipinski definition) is 1. The van der Waals surface area contributed by atoms with Crippen molar-refractivity contribution in [1.82, 2.24) is 15.0 Å². The molecule has 128 valence electrons. The fourth-order valence-electron chi connectivity index (χ4n) is 1.74. The van der Waals surface area contributed by atoms with Crippen LogP contribution in [0.25, 0.3) is 11.0 Å². The summed E-state index contributed by atoms with van der Waals surface area (Å²) in [7, 11) is 0. The van der Waals surface area contributed by atoms with Crippen LogP contribution in [0.1, 0.15) is 6.23 Å². The first-order valence-corrected chi connectivity index (χ1v) is 5.84. The van der Waals surface area contributed by atoms with Gasteiger partial charge in [0.1, 0.15) is 5.52 Å². The van der Waals surface area contributed by atoms with Gasteiger partial charge in [-0.2, -0.15) is 26.3 Å². The summed E-state index contributed by atoms with van der Waals surface area (Å²) < 4.78 is 103. The second-order valence-electron chi connectivity index (χ2n) is 4.52. The smallest absolute Gasteiger partial charge is 0.367 e. The van der Waals surface area contributed by atoms with E-state index in [4.69, 9.17) is 0 Å². The molecule has 0 fully saturated rings. The van der Waals surface area contributed by atoms with Crippen molar-refractivity contribution in [3.63, 3.8) is 0 Å². The molecule has 0 bridgehead atoms. The van der Waals surface area contributed by atoms with Gasteiger partial charge in [0.15, 0.2) is 0 Å². The van der Waals surface area contributed by atoms with Crippen LogP contribution < -0.4 is 0 Å². The Bertz CT molecular complexity index is 701. The molecule has 0 amide bonds. The lowest BCUT2D eigenvalue weighted by atomic mass is 10.0. The summed E-state index contributed by atoms with van der Waals surface area (Å²) in [5.41, 5.74) is -0.484. The quantitative estimate of drug-likeness (QED) is 0.844. The first kappa shape index (κ1) is 17.4. The van der Waals surface area contributed by atoms with Gasteiger partial charge in [0.2, 0.25) is 6.23 Å². The van der Waals surface area contributed by atoms with Crippen LogP contribution in [0.3, 0.4) is 0 Å². The van der Waals surface area contributed by atoms with Crippen LogP contribution in [0.5, 0.6) is 0 Å². The molecule has 1 heterocycles. The molecule has 0 spiro atoms. The Morgan fingerprint density at radius 1 is 0.957 bits per heavy atom. The lowest BCUT2D eigenvalue weighted by Crippen LogP contribution is -2.60. The number of alkyl halides is 8. The highest BCUT2D eigenvalue weighted by Crippen LogP contribution is 2.52. The van der Waals surface area contributed by atoms with E-state index in [-0.39, 0.29) is 15.7 Å². The van der Waals surface area contributed by atoms with Crippen molar-refractivity contribution in [1.29, 1.82) is 0 Å². The number of aromatic nitrogens is 3. The van der Waals surface area contributed by atoms with Gasteiger partial charge in [0, 0.05) is 0 Å². The van der Waals surface area contributed by atoms with Gasteiger partial charge in [-0.3, -0.25) is 0 Å². The van der Waals surface area contributed by atoms with Gasteiger partial charge >= 0.3 is 24.2 Å². The summed E-state index contributed by atoms with van der Waals surface area (Å²) >= 11 is 0. The fourth-order valence-corrected chi connectivity index (χ4v) is 1.74. The molecular formula is C11H7F8N3O. The Morgan fingerprint density at radius 2 is 1.52 bits per heavy atom. The minimum absolute atomic E-state index is 0.105. The van der Waals surface area contributed by atoms with E-state index in [1.54, 1.807) is 0 Å². The monoisotopic (exact) mass is 349 g/mol. The van der Waals surface area contributed by atoms with Crippen molar-refractivity contribution in [3.8, 4) is 0 Å². The van der Waals surface area contributed by atoms with Crippen molar-refractivity contribution in [2.24, 2.45) is 0 Å². The molecule has 0 aliphatic rings. The van der Waals surface area contributed by atoms with Crippen LogP contribution in [0, 0.1) is 0 Å². The number of hydrogen-bond acceptors (Lipinski definition) is 3. The minimum atomic E-state index is -6.54. The second-order valence-corrected chi connectivity index (χ2v) is 4.52. The number of rotatable bonds is 5. The Kier molecular flexibility index (Phi) is 3.99. The summed E-state index contributed by atoms with van der Waals surface area (Å²) in [6.45, 7) is 0. The molecular weight excluding hydrogens is 342 g/mol. The molecule has 2 rings (SSSR count). The Morgan fingerprint density at radius 3 is 2.09 bits per heavy atom. The van der Waals surface area contributed by atoms with Crippen molar-refractivity contribution in [2.45, 2.75) is 30.4 Å². The maximum Gasteiger partial charge on any atom is 0.382 e. The third-order valence-electron chi connectivity index (χ3n) is 3.04. The van der Waals surface area contributed by atoms with Crippen LogP contribution in [0.4, 0.5) is 35.1 Å². The summed E-state index contributed by atoms with van der Waals surface area (Å²) in [6, 6.07) is 4.89. The van der Waals surface area contributed by atoms with Crippen molar-refractivity contribution >= 4 is 11.0 Å². The van der Waals surface area contributed by atoms with Gasteiger partial charge in [-0.1, -0.05) is 17.3 Å². The van der Waals surface area contributed by atoms with Crippen LogP contribution in [0.2, 0.25) is 0 Å². The molecule has 23 heavy (non-hydrogen) atoms. The number of halogens is 8. The molecule has 0 radical (unpaired) electrons. The third-order valence-corrected chi connectivity index (χ3v) is 3.04. The maximum atomic E-state index is 13.6. The maximum absolute atomic E-state index is 13.6. The van der Waals surface area contributed by atoms with E-state index < -0.39 is 30.4 Å². The molecule has 1 aromatic heterocycles. The van der Waals surface area contributed by atoms with Crippen LogP contribution in [-0.2, 0) is 0 Å². The molecule has 1 aromatic carbocycles. The molecule has 0 aliphatic heterocycles. The van der Waals surface area contributed by atoms with E-state index in [9.17, 15) is 40.2 Å². The van der Waals surface area contributed by atoms with E-state index in [1.807, 2.05) is 0 Å². The molecule has 1 atom stereocenters. The highest BCUT2D eigenvalue weighted by atomic mass is 19.4. The number of para-hydroxylation sites is 1. The van der Waals surface area contributed by atoms with Crippen molar-refractivity contribution in [2.75, 3.05) is 0 Å². The fraction of sp³-hybridized carbons (Fsp3) is 0.455. The first-order valence-electron chi connectivity index (χ1n) is 5.84. The van der Waals surface area contributed by atoms with Gasteiger partial charge in [-0.25, -0.2) is 13.5 Å². The summed E-state index contributed by atoms with van der Waals surface area (Å²) in [6.07, 6.45) is -8.71. The zero-order valence-electron chi connectivity index (χ0n) is 10.8. The van der Waals surface area contributed by atoms with E-state index in [0.717, 1.165) is 6.07 Å². The van der Waals surface area contributed by atoms with Crippen LogP contribution >= 0.6 is 0 Å². The van der Waals surface area contributed by atoms with Gasteiger partial charge in [-0.15, -0.1) is 5.10 Å². The first-order chi connectivity index (χ1) is 10.4. The highest BCUT2D eigenvalue weighted by molar-refractivity contribution is 5.73. The minimum Gasteiger partial charge on any atom is -0.367 e. The SMILES string of the molecule is OC(n1nnc2ccccc21)C(F)(F)C(F)(F)C(F)(F)C(F)F. The normalized spacial score (nSPS) is 15.4. The van der Waals surface area contributed by atoms with Gasteiger partial charge < -0.3 is 5.11 Å². The second kappa shape index (κ2) is 5.28. The van der Waals surface area contributed by atoms with E-state index in [1.165, 1.54) is 18.2 Å². The van der Waals surface area contributed by atoms with Crippen molar-refractivity contribution in [3.05, 3.63) is 24.3 Å². The number of fused-ring (bicyclic) bond motifs is 1. The molecule has 2 aromatic rings. The predicted molar refractivity (Wildman–Crippen MR) is 59.6 cm³/mol. The molecule has 0 saturated heterocycles. The van der Waals surface area contributed by atoms with Crippen molar-refractivity contribution < 1.29 is 40.2 Å². The van der Waals surface area contributed by atoms with Crippen LogP contribution in [-0.4, -0.2) is 44.3 Å². The zero-order chi connectivity index (χ0) is 17.6. The molecule has 1 N–H and O–H groups in total. The highest BCUT2D eigenvalue weighted by Gasteiger charge is 2.78. The summed E-state index contributed by atoms with van der Waals surface area (Å²) in [5.74, 6) is -18.9. The molecule has 1 unspecified atom stereocenters. The van der Waals surface area contributed by atoms with Gasteiger partial charge in [0.05, 0.1) is 5.52 Å². The molecule has 12 heteroatoms. The van der Waals surface area contributed by atoms with E-state index in [0.29, 0.717) is 0 Å². The zero-order valence-corrected chi connectivity index (χ0v) is 10.8. The standard InChI is InChI=1S/C11H7F8N3O/c12-7(13)9(14,15)11(18,19)10(16,17)8(23)22-6-4-2-1-3-5(6)20-21-22/h1-4,7-8,23H. The number of benzene rings is 1. The number of nitrogens with zero attached hydrogens (tertiary/aromatic N) is 3. The Balaban J connectivity index is 2.50.